The van der Waals surface area contributed by atoms with Gasteiger partial charge in [-0.3, -0.25) is 14.4 Å². The van der Waals surface area contributed by atoms with Crippen LogP contribution in [0.5, 0.6) is 0 Å². The minimum Gasteiger partial charge on any atom is -0.462 e. The van der Waals surface area contributed by atoms with E-state index >= 15 is 0 Å². The van der Waals surface area contributed by atoms with Gasteiger partial charge < -0.3 is 14.2 Å². The molecule has 0 bridgehead atoms. The monoisotopic (exact) mass is 1110 g/mol. The second kappa shape index (κ2) is 68.6. The fraction of sp³-hybridized carbons (Fsp3) is 0.932. The number of carbonyl (C=O) groups excluding carboxylic acids is 3. The SMILES string of the molecule is CCCCCCCCCC/C=C\CCCCCCCCCCCCCCCCCC(=O)OCC(COC(=O)CCCCCCCCCCCCCCCCCCC)OC(=O)CCCCCCCCCCCCCCCCCCC. The Bertz CT molecular complexity index is 1230. The second-order valence-corrected chi connectivity index (χ2v) is 24.9. The van der Waals surface area contributed by atoms with E-state index in [1.165, 1.54) is 321 Å². The van der Waals surface area contributed by atoms with Crippen molar-refractivity contribution in [3.05, 3.63) is 12.2 Å². The number of ether oxygens (including phenoxy) is 3. The van der Waals surface area contributed by atoms with Gasteiger partial charge in [-0.05, 0) is 44.9 Å². The second-order valence-electron chi connectivity index (χ2n) is 24.9. The van der Waals surface area contributed by atoms with Gasteiger partial charge in [0.25, 0.3) is 0 Å². The first-order valence-electron chi connectivity index (χ1n) is 36.2. The van der Waals surface area contributed by atoms with Gasteiger partial charge in [-0.1, -0.05) is 367 Å². The average molecular weight is 1110 g/mol. The Morgan fingerprint density at radius 3 is 0.633 bits per heavy atom. The highest BCUT2D eigenvalue weighted by Crippen LogP contribution is 2.19. The maximum atomic E-state index is 12.9. The number of hydrogen-bond acceptors (Lipinski definition) is 6. The zero-order valence-corrected chi connectivity index (χ0v) is 53.9. The minimum atomic E-state index is -0.765. The normalized spacial score (nSPS) is 12.0. The van der Waals surface area contributed by atoms with Gasteiger partial charge in [0.05, 0.1) is 0 Å². The first-order chi connectivity index (χ1) is 39.0. The molecule has 0 heterocycles. The van der Waals surface area contributed by atoms with Crippen LogP contribution < -0.4 is 0 Å². The van der Waals surface area contributed by atoms with Crippen molar-refractivity contribution in [2.45, 2.75) is 425 Å². The summed E-state index contributed by atoms with van der Waals surface area (Å²) in [4.78, 5) is 38.5. The first-order valence-corrected chi connectivity index (χ1v) is 36.2. The fourth-order valence-corrected chi connectivity index (χ4v) is 11.3. The van der Waals surface area contributed by atoms with Crippen molar-refractivity contribution >= 4 is 17.9 Å². The average Bonchev–Trinajstić information content (AvgIpc) is 3.45. The molecule has 0 aromatic heterocycles. The number of esters is 3. The molecule has 1 unspecified atom stereocenters. The lowest BCUT2D eigenvalue weighted by Crippen LogP contribution is -2.30. The molecule has 0 aromatic carbocycles. The van der Waals surface area contributed by atoms with Crippen LogP contribution in [0.1, 0.15) is 419 Å². The Hall–Kier alpha value is -1.85. The molecule has 0 aliphatic carbocycles. The van der Waals surface area contributed by atoms with E-state index in [9.17, 15) is 14.4 Å². The summed E-state index contributed by atoms with van der Waals surface area (Å²) in [6, 6.07) is 0. The van der Waals surface area contributed by atoms with Crippen molar-refractivity contribution in [2.75, 3.05) is 13.2 Å². The number of carbonyl (C=O) groups is 3. The van der Waals surface area contributed by atoms with E-state index in [2.05, 4.69) is 32.9 Å². The summed E-state index contributed by atoms with van der Waals surface area (Å²) in [6.07, 6.45) is 82.4. The molecule has 0 fully saturated rings. The Morgan fingerprint density at radius 1 is 0.241 bits per heavy atom. The molecule has 0 radical (unpaired) electrons. The summed E-state index contributed by atoms with van der Waals surface area (Å²) >= 11 is 0. The summed E-state index contributed by atoms with van der Waals surface area (Å²) < 4.78 is 17.0. The molecule has 0 spiro atoms. The largest absolute Gasteiger partial charge is 0.462 e. The van der Waals surface area contributed by atoms with Gasteiger partial charge in [0.15, 0.2) is 6.10 Å². The lowest BCUT2D eigenvalue weighted by atomic mass is 10.0. The lowest BCUT2D eigenvalue weighted by molar-refractivity contribution is -0.167. The Labute approximate surface area is 494 Å². The van der Waals surface area contributed by atoms with Crippen LogP contribution in [0.15, 0.2) is 12.2 Å². The highest BCUT2D eigenvalue weighted by atomic mass is 16.6. The molecule has 6 heteroatoms. The third-order valence-corrected chi connectivity index (χ3v) is 16.8. The van der Waals surface area contributed by atoms with Gasteiger partial charge in [0, 0.05) is 19.3 Å². The zero-order valence-electron chi connectivity index (χ0n) is 53.9. The molecule has 0 N–H and O–H groups in total. The molecule has 0 aliphatic heterocycles. The molecule has 0 saturated heterocycles. The molecular formula is C73H140O6. The van der Waals surface area contributed by atoms with E-state index in [-0.39, 0.29) is 31.1 Å². The molecule has 6 nitrogen and oxygen atoms in total. The van der Waals surface area contributed by atoms with Crippen LogP contribution in [-0.2, 0) is 28.6 Å². The van der Waals surface area contributed by atoms with Crippen molar-refractivity contribution in [3.8, 4) is 0 Å². The highest BCUT2D eigenvalue weighted by Gasteiger charge is 2.20. The standard InChI is InChI=1S/C73H140O6/c1-4-7-10-13-16-19-22-25-28-31-32-33-34-35-36-37-38-39-40-43-45-48-51-54-57-60-63-66-72(75)78-69-70(79-73(76)67-64-61-58-55-52-49-46-42-30-27-24-21-18-15-12-9-6-3)68-77-71(74)65-62-59-56-53-50-47-44-41-29-26-23-20-17-14-11-8-5-2/h31-32,70H,4-30,33-69H2,1-3H3/b32-31-. The predicted molar refractivity (Wildman–Crippen MR) is 344 cm³/mol. The van der Waals surface area contributed by atoms with Crippen LogP contribution in [0.4, 0.5) is 0 Å². The van der Waals surface area contributed by atoms with Gasteiger partial charge in [-0.2, -0.15) is 0 Å². The van der Waals surface area contributed by atoms with Crippen molar-refractivity contribution in [1.29, 1.82) is 0 Å². The maximum Gasteiger partial charge on any atom is 0.306 e. The Kier molecular flexibility index (Phi) is 67.0. The third kappa shape index (κ3) is 66.8. The smallest absolute Gasteiger partial charge is 0.306 e. The van der Waals surface area contributed by atoms with Crippen molar-refractivity contribution in [3.63, 3.8) is 0 Å². The molecule has 468 valence electrons. The number of allylic oxidation sites excluding steroid dienone is 2. The van der Waals surface area contributed by atoms with Crippen LogP contribution in [0.2, 0.25) is 0 Å². The van der Waals surface area contributed by atoms with Gasteiger partial charge in [0.2, 0.25) is 0 Å². The zero-order chi connectivity index (χ0) is 57.1. The van der Waals surface area contributed by atoms with E-state index in [0.29, 0.717) is 19.3 Å². The Balaban J connectivity index is 4.21. The molecule has 1 atom stereocenters. The van der Waals surface area contributed by atoms with Gasteiger partial charge in [-0.15, -0.1) is 0 Å². The van der Waals surface area contributed by atoms with Crippen LogP contribution >= 0.6 is 0 Å². The maximum absolute atomic E-state index is 12.9. The van der Waals surface area contributed by atoms with Crippen LogP contribution in [-0.4, -0.2) is 37.2 Å². The van der Waals surface area contributed by atoms with E-state index in [0.717, 1.165) is 57.8 Å². The summed E-state index contributed by atoms with van der Waals surface area (Å²) in [5.74, 6) is -0.823. The minimum absolute atomic E-state index is 0.0619. The molecule has 79 heavy (non-hydrogen) atoms. The molecular weight excluding hydrogens is 973 g/mol. The topological polar surface area (TPSA) is 78.9 Å². The Morgan fingerprint density at radius 2 is 0.418 bits per heavy atom. The first kappa shape index (κ1) is 77.2. The van der Waals surface area contributed by atoms with E-state index in [4.69, 9.17) is 14.2 Å². The summed E-state index contributed by atoms with van der Waals surface area (Å²) in [5.41, 5.74) is 0. The highest BCUT2D eigenvalue weighted by molar-refractivity contribution is 5.71. The summed E-state index contributed by atoms with van der Waals surface area (Å²) in [6.45, 7) is 6.74. The lowest BCUT2D eigenvalue weighted by Gasteiger charge is -2.18. The van der Waals surface area contributed by atoms with Crippen LogP contribution in [0, 0.1) is 0 Å². The number of rotatable bonds is 68. The molecule has 0 saturated carbocycles. The quantitative estimate of drug-likeness (QED) is 0.0261. The van der Waals surface area contributed by atoms with Crippen molar-refractivity contribution in [1.82, 2.24) is 0 Å². The van der Waals surface area contributed by atoms with Gasteiger partial charge >= 0.3 is 17.9 Å². The van der Waals surface area contributed by atoms with Crippen LogP contribution in [0.25, 0.3) is 0 Å². The number of hydrogen-bond donors (Lipinski definition) is 0. The van der Waals surface area contributed by atoms with Gasteiger partial charge in [-0.25, -0.2) is 0 Å². The van der Waals surface area contributed by atoms with E-state index in [1.54, 1.807) is 0 Å². The third-order valence-electron chi connectivity index (χ3n) is 16.8. The summed E-state index contributed by atoms with van der Waals surface area (Å²) in [5, 5.41) is 0. The molecule has 0 rings (SSSR count). The van der Waals surface area contributed by atoms with Crippen LogP contribution in [0.3, 0.4) is 0 Å². The van der Waals surface area contributed by atoms with E-state index < -0.39 is 6.10 Å². The molecule has 0 aliphatic rings. The number of unbranched alkanes of at least 4 members (excludes halogenated alkanes) is 55. The fourth-order valence-electron chi connectivity index (χ4n) is 11.3. The summed E-state index contributed by atoms with van der Waals surface area (Å²) in [7, 11) is 0. The predicted octanol–water partition coefficient (Wildman–Crippen LogP) is 24.8. The van der Waals surface area contributed by atoms with Gasteiger partial charge in [0.1, 0.15) is 13.2 Å². The van der Waals surface area contributed by atoms with Crippen molar-refractivity contribution in [2.24, 2.45) is 0 Å². The molecule has 0 aromatic rings. The van der Waals surface area contributed by atoms with E-state index in [1.807, 2.05) is 0 Å². The molecule has 0 amide bonds. The van der Waals surface area contributed by atoms with Crippen molar-refractivity contribution < 1.29 is 28.6 Å².